The lowest BCUT2D eigenvalue weighted by Crippen LogP contribution is -3.05. The molecule has 0 amide bonds. The molecule has 0 fully saturated rings. The van der Waals surface area contributed by atoms with E-state index in [9.17, 15) is 5.11 Å². The highest BCUT2D eigenvalue weighted by molar-refractivity contribution is 7.18. The van der Waals surface area contributed by atoms with Crippen LogP contribution in [-0.2, 0) is 6.54 Å². The predicted molar refractivity (Wildman–Crippen MR) is 162 cm³/mol. The maximum atomic E-state index is 13.4. The molecule has 0 spiro atoms. The van der Waals surface area contributed by atoms with Crippen LogP contribution in [0.1, 0.15) is 75.8 Å². The smallest absolute Gasteiger partial charge is 0.263 e. The van der Waals surface area contributed by atoms with Crippen LogP contribution < -0.4 is 14.6 Å². The van der Waals surface area contributed by atoms with E-state index < -0.39 is 0 Å². The lowest BCUT2D eigenvalue weighted by atomic mass is 9.86. The van der Waals surface area contributed by atoms with Crippen LogP contribution in [0.3, 0.4) is 0 Å². The van der Waals surface area contributed by atoms with Gasteiger partial charge in [-0.25, -0.2) is 0 Å². The average Bonchev–Trinajstić information content (AvgIpc) is 3.32. The van der Waals surface area contributed by atoms with Crippen LogP contribution in [0.25, 0.3) is 22.4 Å². The van der Waals surface area contributed by atoms with Crippen LogP contribution in [0.4, 0.5) is 5.69 Å². The largest absolute Gasteiger partial charge is 0.872 e. The molecule has 0 saturated carbocycles. The predicted octanol–water partition coefficient (Wildman–Crippen LogP) is 6.51. The van der Waals surface area contributed by atoms with Crippen LogP contribution in [0, 0.1) is 5.41 Å². The number of nitrogens with one attached hydrogen (secondary N) is 2. The van der Waals surface area contributed by atoms with Gasteiger partial charge in [0.15, 0.2) is 6.54 Å². The van der Waals surface area contributed by atoms with Crippen molar-refractivity contribution in [3.8, 4) is 0 Å². The Hall–Kier alpha value is -3.28. The zero-order chi connectivity index (χ0) is 27.2. The number of rotatable bonds is 12. The molecule has 4 nitrogen and oxygen atoms in total. The number of para-hydroxylation sites is 2. The molecule has 3 aromatic rings. The minimum absolute atomic E-state index is 0.0138. The first-order valence-corrected chi connectivity index (χ1v) is 15.4. The number of unbranched alkanes of at least 4 members (excludes halogenated alkanes) is 6. The number of allylic oxidation sites excluding steroid dienone is 4. The van der Waals surface area contributed by atoms with E-state index in [2.05, 4.69) is 79.1 Å². The van der Waals surface area contributed by atoms with Crippen molar-refractivity contribution in [2.24, 2.45) is 0 Å². The first-order chi connectivity index (χ1) is 19.1. The second-order valence-electron chi connectivity index (χ2n) is 10.6. The number of fused-ring (bicyclic) bond motifs is 2. The third-order valence-electron chi connectivity index (χ3n) is 7.82. The number of thiazole rings is 1. The number of nitrogens with zero attached hydrogens (tertiary/aromatic N) is 1. The van der Waals surface area contributed by atoms with Crippen molar-refractivity contribution < 1.29 is 14.6 Å². The third-order valence-corrected chi connectivity index (χ3v) is 8.94. The van der Waals surface area contributed by atoms with Gasteiger partial charge in [-0.15, -0.1) is 0 Å². The zero-order valence-electron chi connectivity index (χ0n) is 23.3. The molecule has 1 atom stereocenters. The summed E-state index contributed by atoms with van der Waals surface area (Å²) in [6, 6.07) is 17.0. The van der Waals surface area contributed by atoms with Gasteiger partial charge in [0.05, 0.1) is 12.3 Å². The van der Waals surface area contributed by atoms with Crippen LogP contribution in [0.5, 0.6) is 0 Å². The van der Waals surface area contributed by atoms with Gasteiger partial charge in [-0.05, 0) is 43.0 Å². The summed E-state index contributed by atoms with van der Waals surface area (Å²) in [7, 11) is 0. The van der Waals surface area contributed by atoms with E-state index in [1.807, 2.05) is 12.2 Å². The Balaban J connectivity index is 1.44. The fourth-order valence-electron chi connectivity index (χ4n) is 5.59. The fourth-order valence-corrected chi connectivity index (χ4v) is 6.72. The summed E-state index contributed by atoms with van der Waals surface area (Å²) in [5.74, 6) is -0.0138. The first-order valence-electron chi connectivity index (χ1n) is 14.6. The summed E-state index contributed by atoms with van der Waals surface area (Å²) < 4.78 is 3.56. The number of hydrogen-bond acceptors (Lipinski definition) is 3. The molecule has 2 aromatic carbocycles. The number of quaternary nitrogens is 1. The van der Waals surface area contributed by atoms with E-state index in [-0.39, 0.29) is 5.76 Å². The normalized spacial score (nSPS) is 18.8. The molecule has 0 radical (unpaired) electrons. The van der Waals surface area contributed by atoms with Crippen LogP contribution in [0.2, 0.25) is 0 Å². The highest BCUT2D eigenvalue weighted by atomic mass is 32.1. The summed E-state index contributed by atoms with van der Waals surface area (Å²) in [5, 5.41) is 23.3. The van der Waals surface area contributed by atoms with Crippen molar-refractivity contribution in [2.75, 3.05) is 6.54 Å². The first kappa shape index (κ1) is 27.3. The summed E-state index contributed by atoms with van der Waals surface area (Å²) in [5.41, 5.74) is 6.19. The summed E-state index contributed by atoms with van der Waals surface area (Å²) in [6.45, 7) is 6.39. The van der Waals surface area contributed by atoms with E-state index in [4.69, 9.17) is 5.41 Å². The van der Waals surface area contributed by atoms with E-state index in [0.717, 1.165) is 36.6 Å². The van der Waals surface area contributed by atoms with E-state index >= 15 is 0 Å². The number of benzene rings is 2. The zero-order valence-corrected chi connectivity index (χ0v) is 24.1. The third kappa shape index (κ3) is 5.85. The highest BCUT2D eigenvalue weighted by Gasteiger charge is 2.29. The lowest BCUT2D eigenvalue weighted by molar-refractivity contribution is -0.788. The van der Waals surface area contributed by atoms with Gasteiger partial charge in [0, 0.05) is 47.9 Å². The molecular formula is C34H40N3OS+. The number of aromatic nitrogens is 1. The molecule has 0 saturated heterocycles. The topological polar surface area (TPSA) is 55.2 Å². The standard InChI is InChI=1S/C34H39N3OS/c1-3-5-7-13-21-36-26(20-19-25-15-9-10-16-29(25)36)23-27-33(35)28(34(27)38)24-32-37(22-14-8-6-4-2)30-17-11-12-18-31(30)39-32/h9-12,15-20,23-24H,3-8,13-14,21-22H2,1-2H3,(H-,35,38)/p+1. The molecule has 2 heterocycles. The van der Waals surface area contributed by atoms with Gasteiger partial charge in [0.25, 0.3) is 5.01 Å². The minimum atomic E-state index is -0.0138. The summed E-state index contributed by atoms with van der Waals surface area (Å²) >= 11 is 1.71. The Morgan fingerprint density at radius 1 is 0.872 bits per heavy atom. The Bertz CT molecular complexity index is 1470. The van der Waals surface area contributed by atoms with Gasteiger partial charge < -0.3 is 5.11 Å². The molecule has 1 aromatic heterocycles. The molecule has 5 heteroatoms. The molecule has 5 rings (SSSR count). The molecule has 1 aliphatic carbocycles. The summed E-state index contributed by atoms with van der Waals surface area (Å²) in [6.07, 6.45) is 17.8. The fraction of sp³-hybridized carbons (Fsp3) is 0.353. The van der Waals surface area contributed by atoms with Crippen molar-refractivity contribution in [3.63, 3.8) is 0 Å². The van der Waals surface area contributed by atoms with Gasteiger partial charge in [0.2, 0.25) is 5.52 Å². The SMILES string of the molecule is CCCCCC[n+]1c(C=C2C(=N)C(C=C3C=Cc4ccccc4[NH+]3CCCCCC)=C2[O-])sc2ccccc21. The molecule has 202 valence electrons. The van der Waals surface area contributed by atoms with Gasteiger partial charge in [-0.2, -0.15) is 4.57 Å². The van der Waals surface area contributed by atoms with Gasteiger partial charge in [0.1, 0.15) is 16.1 Å². The van der Waals surface area contributed by atoms with E-state index in [0.29, 0.717) is 16.9 Å². The molecule has 39 heavy (non-hydrogen) atoms. The quantitative estimate of drug-likeness (QED) is 0.201. The molecule has 2 aliphatic rings. The molecule has 1 aliphatic heterocycles. The second-order valence-corrected chi connectivity index (χ2v) is 11.7. The van der Waals surface area contributed by atoms with Gasteiger partial charge >= 0.3 is 0 Å². The Morgan fingerprint density at radius 3 is 2.41 bits per heavy atom. The highest BCUT2D eigenvalue weighted by Crippen LogP contribution is 2.32. The van der Waals surface area contributed by atoms with Gasteiger partial charge in [-0.1, -0.05) is 80.9 Å². The lowest BCUT2D eigenvalue weighted by Gasteiger charge is -2.32. The Morgan fingerprint density at radius 2 is 1.62 bits per heavy atom. The Kier molecular flexibility index (Phi) is 8.90. The van der Waals surface area contributed by atoms with Gasteiger partial charge in [-0.3, -0.25) is 10.3 Å². The van der Waals surface area contributed by atoms with Crippen LogP contribution in [-0.4, -0.2) is 12.3 Å². The maximum absolute atomic E-state index is 13.4. The summed E-state index contributed by atoms with van der Waals surface area (Å²) in [4.78, 5) is 1.30. The second kappa shape index (κ2) is 12.7. The van der Waals surface area contributed by atoms with Crippen molar-refractivity contribution >= 4 is 45.1 Å². The maximum Gasteiger partial charge on any atom is 0.263 e. The van der Waals surface area contributed by atoms with Crippen molar-refractivity contribution in [3.05, 3.63) is 93.9 Å². The monoisotopic (exact) mass is 538 g/mol. The average molecular weight is 539 g/mol. The molecular weight excluding hydrogens is 498 g/mol. The molecule has 2 N–H and O–H groups in total. The Labute approximate surface area is 236 Å². The minimum Gasteiger partial charge on any atom is -0.872 e. The van der Waals surface area contributed by atoms with Crippen molar-refractivity contribution in [1.82, 2.24) is 0 Å². The van der Waals surface area contributed by atoms with Crippen LogP contribution in [0.15, 0.2) is 83.3 Å². The number of hydrogen-bond donors (Lipinski definition) is 2. The van der Waals surface area contributed by atoms with E-state index in [1.54, 1.807) is 11.3 Å². The molecule has 0 bridgehead atoms. The van der Waals surface area contributed by atoms with E-state index in [1.165, 1.54) is 64.9 Å². The van der Waals surface area contributed by atoms with Crippen molar-refractivity contribution in [2.45, 2.75) is 71.8 Å². The molecule has 1 unspecified atom stereocenters. The van der Waals surface area contributed by atoms with Crippen molar-refractivity contribution in [1.29, 1.82) is 5.41 Å². The number of aryl methyl sites for hydroxylation is 1. The van der Waals surface area contributed by atoms with Crippen LogP contribution >= 0.6 is 11.3 Å².